The molecule has 0 unspecified atom stereocenters. The molecule has 3 aromatic rings. The largest absolute Gasteiger partial charge is 0.493 e. The number of hydrogen-bond acceptors (Lipinski definition) is 7. The third-order valence-corrected chi connectivity index (χ3v) is 7.28. The number of halogens is 1. The van der Waals surface area contributed by atoms with Gasteiger partial charge < -0.3 is 14.4 Å². The first kappa shape index (κ1) is 23.5. The van der Waals surface area contributed by atoms with Crippen molar-refractivity contribution >= 4 is 5.69 Å². The van der Waals surface area contributed by atoms with Crippen molar-refractivity contribution in [1.29, 1.82) is 0 Å². The Morgan fingerprint density at radius 2 is 1.60 bits per heavy atom. The smallest absolute Gasteiger partial charge is 0.173 e. The zero-order valence-corrected chi connectivity index (χ0v) is 20.4. The quantitative estimate of drug-likeness (QED) is 0.501. The highest BCUT2D eigenvalue weighted by atomic mass is 19.1. The maximum atomic E-state index is 13.4. The molecule has 0 amide bonds. The standard InChI is InChI=1S/C26H33FN6O2/c1-34-23-13-8-19(18-24(23)35-2)25(26-28-29-30-33(26)22-6-4-3-5-7-22)32-16-14-31(15-17-32)21-11-9-20(27)10-12-21/h8-13,18,22,25H,3-7,14-17H2,1-2H3/t25-/m1/s1. The van der Waals surface area contributed by atoms with Crippen molar-refractivity contribution in [2.24, 2.45) is 0 Å². The van der Waals surface area contributed by atoms with Crippen molar-refractivity contribution in [2.75, 3.05) is 45.3 Å². The molecule has 1 saturated heterocycles. The van der Waals surface area contributed by atoms with Crippen molar-refractivity contribution in [1.82, 2.24) is 25.1 Å². The van der Waals surface area contributed by atoms with Gasteiger partial charge in [0.05, 0.1) is 26.3 Å². The van der Waals surface area contributed by atoms with E-state index in [-0.39, 0.29) is 11.9 Å². The van der Waals surface area contributed by atoms with Crippen LogP contribution in [0, 0.1) is 5.82 Å². The molecule has 1 aliphatic carbocycles. The molecular weight excluding hydrogens is 447 g/mol. The van der Waals surface area contributed by atoms with Crippen LogP contribution in [0.2, 0.25) is 0 Å². The van der Waals surface area contributed by atoms with E-state index in [1.54, 1.807) is 14.2 Å². The van der Waals surface area contributed by atoms with Gasteiger partial charge in [0.2, 0.25) is 0 Å². The van der Waals surface area contributed by atoms with Crippen molar-refractivity contribution in [3.05, 3.63) is 59.7 Å². The highest BCUT2D eigenvalue weighted by Gasteiger charge is 2.33. The summed E-state index contributed by atoms with van der Waals surface area (Å²) in [6.07, 6.45) is 5.91. The third kappa shape index (κ3) is 4.96. The first-order valence-electron chi connectivity index (χ1n) is 12.4. The summed E-state index contributed by atoms with van der Waals surface area (Å²) in [5, 5.41) is 13.1. The maximum absolute atomic E-state index is 13.4. The van der Waals surface area contributed by atoms with Crippen LogP contribution in [0.25, 0.3) is 0 Å². The fourth-order valence-electron chi connectivity index (χ4n) is 5.40. The Morgan fingerprint density at radius 3 is 2.29 bits per heavy atom. The van der Waals surface area contributed by atoms with E-state index in [0.717, 1.165) is 56.1 Å². The molecule has 2 aromatic carbocycles. The first-order chi connectivity index (χ1) is 17.2. The van der Waals surface area contributed by atoms with E-state index in [9.17, 15) is 4.39 Å². The van der Waals surface area contributed by atoms with Gasteiger partial charge in [-0.15, -0.1) is 5.10 Å². The van der Waals surface area contributed by atoms with Gasteiger partial charge in [0.1, 0.15) is 5.82 Å². The molecular formula is C26H33FN6O2. The van der Waals surface area contributed by atoms with E-state index in [2.05, 4.69) is 36.1 Å². The maximum Gasteiger partial charge on any atom is 0.173 e. The topological polar surface area (TPSA) is 68.5 Å². The van der Waals surface area contributed by atoms with Crippen LogP contribution in [0.15, 0.2) is 42.5 Å². The molecule has 186 valence electrons. The van der Waals surface area contributed by atoms with E-state index < -0.39 is 0 Å². The number of aromatic nitrogens is 4. The van der Waals surface area contributed by atoms with Crippen molar-refractivity contribution in [2.45, 2.75) is 44.2 Å². The van der Waals surface area contributed by atoms with E-state index in [1.807, 2.05) is 24.3 Å². The molecule has 0 radical (unpaired) electrons. The molecule has 1 aliphatic heterocycles. The third-order valence-electron chi connectivity index (χ3n) is 7.28. The van der Waals surface area contributed by atoms with Gasteiger partial charge >= 0.3 is 0 Å². The van der Waals surface area contributed by atoms with E-state index in [1.165, 1.54) is 31.4 Å². The van der Waals surface area contributed by atoms with Gasteiger partial charge in [-0.3, -0.25) is 4.90 Å². The summed E-state index contributed by atoms with van der Waals surface area (Å²) < 4.78 is 26.6. The van der Waals surface area contributed by atoms with Gasteiger partial charge in [-0.05, 0) is 65.2 Å². The molecule has 0 spiro atoms. The van der Waals surface area contributed by atoms with Crippen LogP contribution < -0.4 is 14.4 Å². The highest BCUT2D eigenvalue weighted by Crippen LogP contribution is 2.37. The molecule has 2 heterocycles. The van der Waals surface area contributed by atoms with Gasteiger partial charge in [-0.25, -0.2) is 9.07 Å². The number of rotatable bonds is 7. The predicted molar refractivity (Wildman–Crippen MR) is 132 cm³/mol. The molecule has 1 aromatic heterocycles. The Kier molecular flexibility index (Phi) is 7.13. The van der Waals surface area contributed by atoms with E-state index in [0.29, 0.717) is 17.5 Å². The van der Waals surface area contributed by atoms with Crippen LogP contribution >= 0.6 is 0 Å². The molecule has 1 saturated carbocycles. The molecule has 2 aliphatic rings. The summed E-state index contributed by atoms with van der Waals surface area (Å²) in [6, 6.07) is 13.0. The molecule has 1 atom stereocenters. The zero-order chi connectivity index (χ0) is 24.2. The lowest BCUT2D eigenvalue weighted by Gasteiger charge is -2.40. The van der Waals surface area contributed by atoms with Gasteiger partial charge in [0.15, 0.2) is 17.3 Å². The van der Waals surface area contributed by atoms with Crippen LogP contribution in [0.4, 0.5) is 10.1 Å². The number of piperazine rings is 1. The SMILES string of the molecule is COc1ccc([C@H](c2nnnn2C2CCCCC2)N2CCN(c3ccc(F)cc3)CC2)cc1OC. The van der Waals surface area contributed by atoms with Crippen LogP contribution in [0.3, 0.4) is 0 Å². The Balaban J connectivity index is 1.46. The molecule has 8 nitrogen and oxygen atoms in total. The molecule has 0 bridgehead atoms. The molecule has 0 N–H and O–H groups in total. The number of nitrogens with zero attached hydrogens (tertiary/aromatic N) is 6. The second-order valence-corrected chi connectivity index (χ2v) is 9.29. The van der Waals surface area contributed by atoms with Gasteiger partial charge in [-0.2, -0.15) is 0 Å². The fraction of sp³-hybridized carbons (Fsp3) is 0.500. The summed E-state index contributed by atoms with van der Waals surface area (Å²) in [4.78, 5) is 4.73. The monoisotopic (exact) mass is 480 g/mol. The lowest BCUT2D eigenvalue weighted by atomic mass is 9.95. The van der Waals surface area contributed by atoms with Crippen LogP contribution in [0.5, 0.6) is 11.5 Å². The van der Waals surface area contributed by atoms with Crippen LogP contribution in [-0.2, 0) is 0 Å². The number of anilines is 1. The minimum absolute atomic E-state index is 0.109. The van der Waals surface area contributed by atoms with Crippen LogP contribution in [-0.4, -0.2) is 65.5 Å². The Morgan fingerprint density at radius 1 is 0.886 bits per heavy atom. The van der Waals surface area contributed by atoms with E-state index >= 15 is 0 Å². The van der Waals surface area contributed by atoms with E-state index in [4.69, 9.17) is 9.47 Å². The normalized spacial score (nSPS) is 18.4. The number of ether oxygens (including phenoxy) is 2. The Bertz CT molecular complexity index is 1110. The second-order valence-electron chi connectivity index (χ2n) is 9.29. The molecule has 35 heavy (non-hydrogen) atoms. The Hall–Kier alpha value is -3.20. The van der Waals surface area contributed by atoms with Crippen molar-refractivity contribution < 1.29 is 13.9 Å². The Labute approximate surface area is 205 Å². The van der Waals surface area contributed by atoms with Gasteiger partial charge in [0, 0.05) is 31.9 Å². The fourth-order valence-corrected chi connectivity index (χ4v) is 5.40. The summed E-state index contributed by atoms with van der Waals surface area (Å²) in [5.74, 6) is 2.05. The minimum Gasteiger partial charge on any atom is -0.493 e. The molecule has 5 rings (SSSR count). The summed E-state index contributed by atoms with van der Waals surface area (Å²) >= 11 is 0. The average molecular weight is 481 g/mol. The zero-order valence-electron chi connectivity index (χ0n) is 20.4. The summed E-state index contributed by atoms with van der Waals surface area (Å²) in [6.45, 7) is 3.32. The summed E-state index contributed by atoms with van der Waals surface area (Å²) in [5.41, 5.74) is 2.12. The average Bonchev–Trinajstić information content (AvgIpc) is 3.39. The highest BCUT2D eigenvalue weighted by molar-refractivity contribution is 5.47. The lowest BCUT2D eigenvalue weighted by Crippen LogP contribution is -2.48. The van der Waals surface area contributed by atoms with Gasteiger partial charge in [-0.1, -0.05) is 25.3 Å². The number of hydrogen-bond donors (Lipinski definition) is 0. The van der Waals surface area contributed by atoms with Crippen LogP contribution in [0.1, 0.15) is 55.6 Å². The number of benzene rings is 2. The number of methoxy groups -OCH3 is 2. The first-order valence-corrected chi connectivity index (χ1v) is 12.4. The molecule has 2 fully saturated rings. The lowest BCUT2D eigenvalue weighted by molar-refractivity contribution is 0.193. The molecule has 9 heteroatoms. The summed E-state index contributed by atoms with van der Waals surface area (Å²) in [7, 11) is 3.30. The van der Waals surface area contributed by atoms with Crippen molar-refractivity contribution in [3.8, 4) is 11.5 Å². The van der Waals surface area contributed by atoms with Crippen molar-refractivity contribution in [3.63, 3.8) is 0 Å². The number of tetrazole rings is 1. The minimum atomic E-state index is -0.213. The second kappa shape index (κ2) is 10.6. The van der Waals surface area contributed by atoms with Gasteiger partial charge in [0.25, 0.3) is 0 Å². The predicted octanol–water partition coefficient (Wildman–Crippen LogP) is 4.25.